The average Bonchev–Trinajstić information content (AvgIpc) is 3.24. The highest BCUT2D eigenvalue weighted by Crippen LogP contribution is 2.27. The van der Waals surface area contributed by atoms with E-state index < -0.39 is 0 Å². The Hall–Kier alpha value is -1.55. The first-order chi connectivity index (χ1) is 10.2. The second-order valence-corrected chi connectivity index (χ2v) is 6.04. The van der Waals surface area contributed by atoms with Crippen LogP contribution in [0, 0.1) is 0 Å². The molecule has 2 N–H and O–H groups in total. The predicted molar refractivity (Wildman–Crippen MR) is 88.4 cm³/mol. The highest BCUT2D eigenvalue weighted by atomic mass is 15.2. The number of nitrogens with two attached hydrogens (primary N) is 1. The molecule has 0 amide bonds. The van der Waals surface area contributed by atoms with Gasteiger partial charge in [0.15, 0.2) is 0 Å². The molecule has 1 aliphatic rings. The smallest absolute Gasteiger partial charge is 0.109 e. The van der Waals surface area contributed by atoms with E-state index >= 15 is 0 Å². The largest absolute Gasteiger partial charge is 0.399 e. The molecule has 1 aromatic heterocycles. The van der Waals surface area contributed by atoms with E-state index in [2.05, 4.69) is 29.4 Å². The summed E-state index contributed by atoms with van der Waals surface area (Å²) in [5.74, 6) is 1.20. The van der Waals surface area contributed by atoms with Gasteiger partial charge in [-0.15, -0.1) is 0 Å². The lowest BCUT2D eigenvalue weighted by molar-refractivity contribution is 0.266. The van der Waals surface area contributed by atoms with Gasteiger partial charge in [0.1, 0.15) is 5.82 Å². The summed E-state index contributed by atoms with van der Waals surface area (Å²) in [4.78, 5) is 7.39. The molecule has 1 aromatic carbocycles. The fourth-order valence-corrected chi connectivity index (χ4v) is 3.13. The number of nitrogens with zero attached hydrogens (tertiary/aromatic N) is 3. The topological polar surface area (TPSA) is 47.1 Å². The van der Waals surface area contributed by atoms with Crippen molar-refractivity contribution in [2.45, 2.75) is 52.1 Å². The zero-order chi connectivity index (χ0) is 14.8. The molecule has 0 radical (unpaired) electrons. The molecular weight excluding hydrogens is 260 g/mol. The van der Waals surface area contributed by atoms with Crippen LogP contribution >= 0.6 is 0 Å². The number of likely N-dealkylation sites (N-methyl/N-ethyl adjacent to an activating group) is 1. The molecule has 1 heterocycles. The van der Waals surface area contributed by atoms with Crippen LogP contribution in [0.15, 0.2) is 18.2 Å². The highest BCUT2D eigenvalue weighted by molar-refractivity contribution is 5.79. The molecule has 4 nitrogen and oxygen atoms in total. The van der Waals surface area contributed by atoms with E-state index in [4.69, 9.17) is 10.7 Å². The van der Waals surface area contributed by atoms with Crippen molar-refractivity contribution in [3.63, 3.8) is 0 Å². The molecule has 0 spiro atoms. The quantitative estimate of drug-likeness (QED) is 0.796. The fraction of sp³-hybridized carbons (Fsp3) is 0.588. The van der Waals surface area contributed by atoms with Gasteiger partial charge in [-0.3, -0.25) is 4.90 Å². The third kappa shape index (κ3) is 3.05. The third-order valence-corrected chi connectivity index (χ3v) is 4.41. The number of hydrogen-bond donors (Lipinski definition) is 1. The summed E-state index contributed by atoms with van der Waals surface area (Å²) >= 11 is 0. The number of nitrogen functional groups attached to an aromatic ring is 1. The molecule has 2 aromatic rings. The Bertz CT molecular complexity index is 613. The summed E-state index contributed by atoms with van der Waals surface area (Å²) < 4.78 is 2.39. The van der Waals surface area contributed by atoms with Gasteiger partial charge in [-0.2, -0.15) is 0 Å². The summed E-state index contributed by atoms with van der Waals surface area (Å²) in [5.41, 5.74) is 8.94. The van der Waals surface area contributed by atoms with E-state index in [1.165, 1.54) is 24.2 Å². The summed E-state index contributed by atoms with van der Waals surface area (Å²) in [5, 5.41) is 0. The standard InChI is InChI=1S/C17H26N4/c1-3-5-17-19-15-12-13(18)6-9-16(15)21(17)11-10-20(4-2)14-7-8-14/h6,9,12,14H,3-5,7-8,10-11,18H2,1-2H3. The summed E-state index contributed by atoms with van der Waals surface area (Å²) in [6.07, 6.45) is 4.90. The third-order valence-electron chi connectivity index (χ3n) is 4.41. The molecule has 114 valence electrons. The number of rotatable bonds is 7. The van der Waals surface area contributed by atoms with Gasteiger partial charge in [0.2, 0.25) is 0 Å². The first-order valence-corrected chi connectivity index (χ1v) is 8.21. The van der Waals surface area contributed by atoms with E-state index in [0.29, 0.717) is 0 Å². The Kier molecular flexibility index (Phi) is 4.15. The number of aromatic nitrogens is 2. The maximum Gasteiger partial charge on any atom is 0.109 e. The van der Waals surface area contributed by atoms with Gasteiger partial charge in [0.25, 0.3) is 0 Å². The first-order valence-electron chi connectivity index (χ1n) is 8.21. The normalized spacial score (nSPS) is 15.2. The lowest BCUT2D eigenvalue weighted by Crippen LogP contribution is -2.29. The van der Waals surface area contributed by atoms with Gasteiger partial charge in [0.05, 0.1) is 11.0 Å². The molecule has 21 heavy (non-hydrogen) atoms. The van der Waals surface area contributed by atoms with Crippen LogP contribution in [0.5, 0.6) is 0 Å². The molecule has 0 bridgehead atoms. The van der Waals surface area contributed by atoms with Crippen LogP contribution < -0.4 is 5.73 Å². The maximum absolute atomic E-state index is 5.89. The lowest BCUT2D eigenvalue weighted by atomic mass is 10.3. The first kappa shape index (κ1) is 14.4. The van der Waals surface area contributed by atoms with Crippen LogP contribution in [0.4, 0.5) is 5.69 Å². The number of benzene rings is 1. The molecule has 0 aliphatic heterocycles. The van der Waals surface area contributed by atoms with E-state index in [1.54, 1.807) is 0 Å². The molecular formula is C17H26N4. The zero-order valence-corrected chi connectivity index (χ0v) is 13.2. The Morgan fingerprint density at radius 3 is 2.81 bits per heavy atom. The van der Waals surface area contributed by atoms with Crippen LogP contribution in [0.3, 0.4) is 0 Å². The molecule has 4 heteroatoms. The van der Waals surface area contributed by atoms with Crippen molar-refractivity contribution in [3.05, 3.63) is 24.0 Å². The van der Waals surface area contributed by atoms with Gasteiger partial charge in [0, 0.05) is 31.2 Å². The maximum atomic E-state index is 5.89. The summed E-state index contributed by atoms with van der Waals surface area (Å²) in [6.45, 7) is 7.76. The van der Waals surface area contributed by atoms with Gasteiger partial charge >= 0.3 is 0 Å². The molecule has 1 aliphatic carbocycles. The Balaban J connectivity index is 1.85. The minimum absolute atomic E-state index is 0.795. The number of fused-ring (bicyclic) bond motifs is 1. The van der Waals surface area contributed by atoms with Gasteiger partial charge < -0.3 is 10.3 Å². The van der Waals surface area contributed by atoms with Crippen LogP contribution in [0.25, 0.3) is 11.0 Å². The molecule has 0 saturated heterocycles. The Morgan fingerprint density at radius 2 is 2.14 bits per heavy atom. The number of aryl methyl sites for hydroxylation is 1. The van der Waals surface area contributed by atoms with Crippen LogP contribution in [0.2, 0.25) is 0 Å². The Labute approximate surface area is 126 Å². The van der Waals surface area contributed by atoms with Crippen molar-refractivity contribution >= 4 is 16.7 Å². The van der Waals surface area contributed by atoms with Crippen LogP contribution in [-0.4, -0.2) is 33.6 Å². The summed E-state index contributed by atoms with van der Waals surface area (Å²) in [7, 11) is 0. The minimum Gasteiger partial charge on any atom is -0.399 e. The molecule has 0 unspecified atom stereocenters. The van der Waals surface area contributed by atoms with Crippen molar-refractivity contribution in [2.75, 3.05) is 18.8 Å². The van der Waals surface area contributed by atoms with E-state index in [0.717, 1.165) is 49.7 Å². The molecule has 1 saturated carbocycles. The molecule has 3 rings (SSSR count). The van der Waals surface area contributed by atoms with Crippen LogP contribution in [0.1, 0.15) is 38.9 Å². The van der Waals surface area contributed by atoms with E-state index in [9.17, 15) is 0 Å². The van der Waals surface area contributed by atoms with Crippen molar-refractivity contribution < 1.29 is 0 Å². The Morgan fingerprint density at radius 1 is 1.33 bits per heavy atom. The average molecular weight is 286 g/mol. The zero-order valence-electron chi connectivity index (χ0n) is 13.2. The SMILES string of the molecule is CCCc1nc2cc(N)ccc2n1CCN(CC)C1CC1. The fourth-order valence-electron chi connectivity index (χ4n) is 3.13. The molecule has 1 fully saturated rings. The second-order valence-electron chi connectivity index (χ2n) is 6.04. The lowest BCUT2D eigenvalue weighted by Gasteiger charge is -2.21. The van der Waals surface area contributed by atoms with E-state index in [1.807, 2.05) is 12.1 Å². The number of hydrogen-bond acceptors (Lipinski definition) is 3. The van der Waals surface area contributed by atoms with Gasteiger partial charge in [-0.25, -0.2) is 4.98 Å². The van der Waals surface area contributed by atoms with Crippen molar-refractivity contribution in [1.29, 1.82) is 0 Å². The minimum atomic E-state index is 0.795. The summed E-state index contributed by atoms with van der Waals surface area (Å²) in [6, 6.07) is 6.91. The predicted octanol–water partition coefficient (Wildman–Crippen LogP) is 3.06. The monoisotopic (exact) mass is 286 g/mol. The molecule has 0 atom stereocenters. The van der Waals surface area contributed by atoms with Crippen molar-refractivity contribution in [3.8, 4) is 0 Å². The van der Waals surface area contributed by atoms with Crippen molar-refractivity contribution in [1.82, 2.24) is 14.5 Å². The van der Waals surface area contributed by atoms with Crippen molar-refractivity contribution in [2.24, 2.45) is 0 Å². The number of imidazole rings is 1. The van der Waals surface area contributed by atoms with Gasteiger partial charge in [-0.05, 0) is 44.0 Å². The number of anilines is 1. The van der Waals surface area contributed by atoms with E-state index in [-0.39, 0.29) is 0 Å². The van der Waals surface area contributed by atoms with Crippen LogP contribution in [-0.2, 0) is 13.0 Å². The second kappa shape index (κ2) is 6.06. The highest BCUT2D eigenvalue weighted by Gasteiger charge is 2.27. The van der Waals surface area contributed by atoms with Gasteiger partial charge in [-0.1, -0.05) is 13.8 Å².